The Morgan fingerprint density at radius 1 is 1.24 bits per heavy atom. The average Bonchev–Trinajstić information content (AvgIpc) is 2.45. The summed E-state index contributed by atoms with van der Waals surface area (Å²) in [4.78, 5) is 11.2. The summed E-state index contributed by atoms with van der Waals surface area (Å²) in [7, 11) is 0. The van der Waals surface area contributed by atoms with Gasteiger partial charge in [-0.05, 0) is 36.2 Å². The van der Waals surface area contributed by atoms with Gasteiger partial charge in [-0.3, -0.25) is 0 Å². The van der Waals surface area contributed by atoms with Gasteiger partial charge in [0, 0.05) is 5.69 Å². The van der Waals surface area contributed by atoms with E-state index in [9.17, 15) is 14.3 Å². The van der Waals surface area contributed by atoms with Crippen molar-refractivity contribution in [1.29, 1.82) is 0 Å². The minimum Gasteiger partial charge on any atom is -0.478 e. The van der Waals surface area contributed by atoms with E-state index in [-0.39, 0.29) is 16.9 Å². The van der Waals surface area contributed by atoms with E-state index in [1.54, 1.807) is 0 Å². The fourth-order valence-corrected chi connectivity index (χ4v) is 2.13. The number of anilines is 3. The van der Waals surface area contributed by atoms with E-state index >= 15 is 0 Å². The van der Waals surface area contributed by atoms with Crippen LogP contribution in [-0.4, -0.2) is 11.1 Å². The first kappa shape index (κ1) is 14.8. The van der Waals surface area contributed by atoms with Crippen LogP contribution in [0.1, 0.15) is 29.3 Å². The topological polar surface area (TPSA) is 75.3 Å². The van der Waals surface area contributed by atoms with Crippen molar-refractivity contribution in [3.8, 4) is 0 Å². The lowest BCUT2D eigenvalue weighted by Gasteiger charge is -2.12. The lowest BCUT2D eigenvalue weighted by atomic mass is 10.1. The number of nitrogens with one attached hydrogen (secondary N) is 1. The monoisotopic (exact) mass is 288 g/mol. The quantitative estimate of drug-likeness (QED) is 0.731. The zero-order chi connectivity index (χ0) is 15.4. The normalized spacial score (nSPS) is 10.4. The van der Waals surface area contributed by atoms with Crippen molar-refractivity contribution in [1.82, 2.24) is 0 Å². The van der Waals surface area contributed by atoms with Crippen LogP contribution in [0.3, 0.4) is 0 Å². The highest BCUT2D eigenvalue weighted by atomic mass is 19.1. The van der Waals surface area contributed by atoms with Crippen LogP contribution >= 0.6 is 0 Å². The maximum absolute atomic E-state index is 13.4. The van der Waals surface area contributed by atoms with Crippen LogP contribution < -0.4 is 11.1 Å². The molecule has 4 nitrogen and oxygen atoms in total. The van der Waals surface area contributed by atoms with E-state index in [4.69, 9.17) is 5.73 Å². The van der Waals surface area contributed by atoms with Crippen molar-refractivity contribution >= 4 is 23.0 Å². The molecule has 5 heteroatoms. The van der Waals surface area contributed by atoms with Gasteiger partial charge in [0.25, 0.3) is 0 Å². The van der Waals surface area contributed by atoms with Gasteiger partial charge in [0.1, 0.15) is 11.4 Å². The number of aryl methyl sites for hydroxylation is 1. The number of carboxylic acids is 1. The zero-order valence-electron chi connectivity index (χ0n) is 11.7. The molecule has 0 amide bonds. The van der Waals surface area contributed by atoms with Crippen molar-refractivity contribution in [2.24, 2.45) is 0 Å². The number of hydrogen-bond acceptors (Lipinski definition) is 3. The predicted octanol–water partition coefficient (Wildman–Crippen LogP) is 3.80. The number of nitrogen functional groups attached to an aromatic ring is 1. The Balaban J connectivity index is 2.31. The van der Waals surface area contributed by atoms with Crippen LogP contribution in [0.4, 0.5) is 21.5 Å². The second-order valence-electron chi connectivity index (χ2n) is 4.76. The van der Waals surface area contributed by atoms with E-state index in [0.29, 0.717) is 0 Å². The summed E-state index contributed by atoms with van der Waals surface area (Å²) in [6.07, 6.45) is 2.05. The molecule has 0 saturated carbocycles. The van der Waals surface area contributed by atoms with Gasteiger partial charge < -0.3 is 16.2 Å². The van der Waals surface area contributed by atoms with Crippen LogP contribution in [0.25, 0.3) is 0 Å². The van der Waals surface area contributed by atoms with Gasteiger partial charge in [-0.25, -0.2) is 9.18 Å². The number of halogens is 1. The van der Waals surface area contributed by atoms with E-state index in [1.807, 2.05) is 24.3 Å². The van der Waals surface area contributed by atoms with Crippen molar-refractivity contribution in [3.63, 3.8) is 0 Å². The Hall–Kier alpha value is -2.56. The molecule has 0 spiro atoms. The Morgan fingerprint density at radius 3 is 2.48 bits per heavy atom. The highest BCUT2D eigenvalue weighted by Gasteiger charge is 2.17. The lowest BCUT2D eigenvalue weighted by molar-refractivity contribution is 0.0698. The molecule has 0 heterocycles. The third kappa shape index (κ3) is 3.31. The summed E-state index contributed by atoms with van der Waals surface area (Å²) in [5.41, 5.74) is 7.09. The Kier molecular flexibility index (Phi) is 4.42. The first-order valence-corrected chi connectivity index (χ1v) is 6.70. The summed E-state index contributed by atoms with van der Waals surface area (Å²) in [5.74, 6) is -2.01. The molecule has 0 atom stereocenters. The molecule has 0 aromatic heterocycles. The minimum absolute atomic E-state index is 0.257. The van der Waals surface area contributed by atoms with Gasteiger partial charge in [-0.2, -0.15) is 0 Å². The molecule has 0 radical (unpaired) electrons. The molecular formula is C16H17FN2O2. The van der Waals surface area contributed by atoms with Gasteiger partial charge >= 0.3 is 5.97 Å². The smallest absolute Gasteiger partial charge is 0.340 e. The van der Waals surface area contributed by atoms with Gasteiger partial charge in [-0.15, -0.1) is 0 Å². The standard InChI is InChI=1S/C16H17FN2O2/c1-2-3-10-4-6-11(7-5-10)19-13-9-8-12(17)15(18)14(13)16(20)21/h4-9,19H,2-3,18H2,1H3,(H,20,21). The Bertz CT molecular complexity index is 654. The summed E-state index contributed by atoms with van der Waals surface area (Å²) in [6.45, 7) is 2.10. The van der Waals surface area contributed by atoms with Crippen molar-refractivity contribution in [2.45, 2.75) is 19.8 Å². The molecule has 0 saturated heterocycles. The summed E-state index contributed by atoms with van der Waals surface area (Å²) < 4.78 is 13.4. The molecule has 4 N–H and O–H groups in total. The van der Waals surface area contributed by atoms with Crippen molar-refractivity contribution in [3.05, 3.63) is 53.3 Å². The van der Waals surface area contributed by atoms with E-state index in [2.05, 4.69) is 12.2 Å². The second-order valence-corrected chi connectivity index (χ2v) is 4.76. The van der Waals surface area contributed by atoms with E-state index < -0.39 is 11.8 Å². The molecule has 0 aliphatic carbocycles. The molecule has 110 valence electrons. The highest BCUT2D eigenvalue weighted by Crippen LogP contribution is 2.28. The number of aromatic carboxylic acids is 1. The summed E-state index contributed by atoms with van der Waals surface area (Å²) >= 11 is 0. The summed E-state index contributed by atoms with van der Waals surface area (Å²) in [5, 5.41) is 12.1. The van der Waals surface area contributed by atoms with Crippen LogP contribution in [-0.2, 0) is 6.42 Å². The Labute approximate surface area is 122 Å². The third-order valence-electron chi connectivity index (χ3n) is 3.18. The average molecular weight is 288 g/mol. The molecule has 0 bridgehead atoms. The predicted molar refractivity (Wildman–Crippen MR) is 81.5 cm³/mol. The third-order valence-corrected chi connectivity index (χ3v) is 3.18. The van der Waals surface area contributed by atoms with Crippen LogP contribution in [0, 0.1) is 5.82 Å². The maximum Gasteiger partial charge on any atom is 0.340 e. The van der Waals surface area contributed by atoms with Crippen molar-refractivity contribution in [2.75, 3.05) is 11.1 Å². The minimum atomic E-state index is -1.27. The molecule has 2 aromatic rings. The van der Waals surface area contributed by atoms with E-state index in [0.717, 1.165) is 24.6 Å². The number of carboxylic acid groups (broad SMARTS) is 1. The number of carbonyl (C=O) groups is 1. The number of benzene rings is 2. The number of rotatable bonds is 5. The summed E-state index contributed by atoms with van der Waals surface area (Å²) in [6, 6.07) is 10.2. The molecule has 0 unspecified atom stereocenters. The number of nitrogens with two attached hydrogens (primary N) is 1. The second kappa shape index (κ2) is 6.26. The fourth-order valence-electron chi connectivity index (χ4n) is 2.13. The van der Waals surface area contributed by atoms with Crippen LogP contribution in [0.15, 0.2) is 36.4 Å². The SMILES string of the molecule is CCCc1ccc(Nc2ccc(F)c(N)c2C(=O)O)cc1. The fraction of sp³-hybridized carbons (Fsp3) is 0.188. The Morgan fingerprint density at radius 2 is 1.90 bits per heavy atom. The van der Waals surface area contributed by atoms with Gasteiger partial charge in [-0.1, -0.05) is 25.5 Å². The highest BCUT2D eigenvalue weighted by molar-refractivity contribution is 6.00. The molecule has 0 fully saturated rings. The van der Waals surface area contributed by atoms with Gasteiger partial charge in [0.15, 0.2) is 0 Å². The molecular weight excluding hydrogens is 271 g/mol. The van der Waals surface area contributed by atoms with Crippen molar-refractivity contribution < 1.29 is 14.3 Å². The van der Waals surface area contributed by atoms with Gasteiger partial charge in [0.2, 0.25) is 0 Å². The van der Waals surface area contributed by atoms with Crippen LogP contribution in [0.2, 0.25) is 0 Å². The number of hydrogen-bond donors (Lipinski definition) is 3. The molecule has 2 rings (SSSR count). The first-order chi connectivity index (χ1) is 10.0. The molecule has 21 heavy (non-hydrogen) atoms. The maximum atomic E-state index is 13.4. The van der Waals surface area contributed by atoms with Crippen LogP contribution in [0.5, 0.6) is 0 Å². The van der Waals surface area contributed by atoms with Gasteiger partial charge in [0.05, 0.1) is 11.4 Å². The molecule has 0 aliphatic rings. The molecule has 2 aromatic carbocycles. The lowest BCUT2D eigenvalue weighted by Crippen LogP contribution is -2.08. The zero-order valence-corrected chi connectivity index (χ0v) is 11.7. The molecule has 0 aliphatic heterocycles. The largest absolute Gasteiger partial charge is 0.478 e. The first-order valence-electron chi connectivity index (χ1n) is 6.70. The van der Waals surface area contributed by atoms with E-state index in [1.165, 1.54) is 11.6 Å².